The van der Waals surface area contributed by atoms with Gasteiger partial charge in [-0.3, -0.25) is 9.36 Å². The normalized spacial score (nSPS) is 11.3. The van der Waals surface area contributed by atoms with Gasteiger partial charge in [0.2, 0.25) is 0 Å². The quantitative estimate of drug-likeness (QED) is 0.405. The van der Waals surface area contributed by atoms with Crippen molar-refractivity contribution in [3.8, 4) is 17.3 Å². The Labute approximate surface area is 176 Å². The van der Waals surface area contributed by atoms with Crippen molar-refractivity contribution in [1.82, 2.24) is 24.3 Å². The number of aromatic nitrogens is 5. The molecule has 0 aliphatic heterocycles. The molecule has 0 unspecified atom stereocenters. The van der Waals surface area contributed by atoms with Gasteiger partial charge in [-0.2, -0.15) is 5.10 Å². The van der Waals surface area contributed by atoms with Gasteiger partial charge in [0.1, 0.15) is 10.3 Å². The molecule has 0 saturated heterocycles. The van der Waals surface area contributed by atoms with Crippen molar-refractivity contribution >= 4 is 61.6 Å². The number of fused-ring (bicyclic) bond motifs is 1. The van der Waals surface area contributed by atoms with E-state index in [1.807, 2.05) is 0 Å². The van der Waals surface area contributed by atoms with E-state index in [1.165, 1.54) is 9.25 Å². The van der Waals surface area contributed by atoms with Crippen molar-refractivity contribution < 1.29 is 0 Å². The topological polar surface area (TPSA) is 65.6 Å². The van der Waals surface area contributed by atoms with Crippen LogP contribution in [0.4, 0.5) is 0 Å². The van der Waals surface area contributed by atoms with Gasteiger partial charge in [-0.15, -0.1) is 0 Å². The molecule has 4 aromatic rings. The Hall–Kier alpha value is -1.93. The lowest BCUT2D eigenvalue weighted by Crippen LogP contribution is -2.21. The number of pyridine rings is 1. The van der Waals surface area contributed by atoms with Crippen LogP contribution in [-0.2, 0) is 7.05 Å². The van der Waals surface area contributed by atoms with Crippen LogP contribution in [0.25, 0.3) is 28.2 Å². The molecule has 0 amide bonds. The molecule has 0 aliphatic rings. The third kappa shape index (κ3) is 3.14. The summed E-state index contributed by atoms with van der Waals surface area (Å²) in [6.45, 7) is 0. The fourth-order valence-corrected chi connectivity index (χ4v) is 3.85. The van der Waals surface area contributed by atoms with Crippen molar-refractivity contribution in [2.45, 2.75) is 0 Å². The summed E-state index contributed by atoms with van der Waals surface area (Å²) in [6.07, 6.45) is 1.60. The summed E-state index contributed by atoms with van der Waals surface area (Å²) in [5.74, 6) is 0.771. The van der Waals surface area contributed by atoms with Crippen molar-refractivity contribution in [2.75, 3.05) is 0 Å². The van der Waals surface area contributed by atoms with Crippen LogP contribution in [0.5, 0.6) is 0 Å². The molecule has 0 atom stereocenters. The number of hydrogen-bond donors (Lipinski definition) is 0. The van der Waals surface area contributed by atoms with Gasteiger partial charge in [0.25, 0.3) is 5.56 Å². The molecule has 27 heavy (non-hydrogen) atoms. The van der Waals surface area contributed by atoms with E-state index in [-0.39, 0.29) is 10.6 Å². The van der Waals surface area contributed by atoms with E-state index in [1.54, 1.807) is 43.6 Å². The molecule has 0 fully saturated rings. The fourth-order valence-electron chi connectivity index (χ4n) is 2.74. The minimum Gasteiger partial charge on any atom is -0.294 e. The minimum absolute atomic E-state index is 0.282. The number of hydrogen-bond acceptors (Lipinski definition) is 4. The lowest BCUT2D eigenvalue weighted by atomic mass is 10.2. The summed E-state index contributed by atoms with van der Waals surface area (Å²) in [4.78, 5) is 21.7. The zero-order chi connectivity index (χ0) is 19.3. The smallest absolute Gasteiger partial charge is 0.261 e. The Kier molecular flexibility index (Phi) is 4.71. The monoisotopic (exact) mass is 483 g/mol. The largest absolute Gasteiger partial charge is 0.294 e. The number of benzene rings is 1. The van der Waals surface area contributed by atoms with E-state index in [4.69, 9.17) is 34.8 Å². The molecule has 0 aliphatic carbocycles. The highest BCUT2D eigenvalue weighted by Crippen LogP contribution is 2.30. The van der Waals surface area contributed by atoms with Crippen LogP contribution in [0.15, 0.2) is 45.9 Å². The maximum atomic E-state index is 12.9. The van der Waals surface area contributed by atoms with Gasteiger partial charge in [-0.05, 0) is 40.2 Å². The minimum atomic E-state index is -0.282. The predicted octanol–water partition coefficient (Wildman–Crippen LogP) is 4.90. The molecule has 1 aromatic carbocycles. The molecule has 3 heterocycles. The second-order valence-electron chi connectivity index (χ2n) is 5.66. The average Bonchev–Trinajstić information content (AvgIpc) is 3.00. The fraction of sp³-hybridized carbons (Fsp3) is 0.0588. The van der Waals surface area contributed by atoms with Crippen molar-refractivity contribution in [3.05, 3.63) is 66.6 Å². The highest BCUT2D eigenvalue weighted by atomic mass is 79.9. The van der Waals surface area contributed by atoms with Crippen molar-refractivity contribution in [3.63, 3.8) is 0 Å². The summed E-state index contributed by atoms with van der Waals surface area (Å²) < 4.78 is 3.46. The molecule has 6 nitrogen and oxygen atoms in total. The van der Waals surface area contributed by atoms with E-state index < -0.39 is 0 Å². The van der Waals surface area contributed by atoms with Crippen LogP contribution < -0.4 is 5.56 Å². The Morgan fingerprint density at radius 2 is 1.89 bits per heavy atom. The second-order valence-corrected chi connectivity index (χ2v) is 7.72. The third-order valence-electron chi connectivity index (χ3n) is 3.95. The van der Waals surface area contributed by atoms with Crippen molar-refractivity contribution in [2.24, 2.45) is 7.05 Å². The second kappa shape index (κ2) is 6.91. The zero-order valence-corrected chi connectivity index (χ0v) is 17.5. The van der Waals surface area contributed by atoms with Gasteiger partial charge in [-0.25, -0.2) is 14.6 Å². The molecule has 4 rings (SSSR count). The molecule has 0 bridgehead atoms. The summed E-state index contributed by atoms with van der Waals surface area (Å²) in [7, 11) is 1.62. The third-order valence-corrected chi connectivity index (χ3v) is 5.14. The van der Waals surface area contributed by atoms with Gasteiger partial charge in [-0.1, -0.05) is 34.8 Å². The lowest BCUT2D eigenvalue weighted by Gasteiger charge is -2.12. The van der Waals surface area contributed by atoms with E-state index in [0.29, 0.717) is 42.9 Å². The average molecular weight is 486 g/mol. The molecule has 136 valence electrons. The van der Waals surface area contributed by atoms with E-state index in [9.17, 15) is 4.79 Å². The summed E-state index contributed by atoms with van der Waals surface area (Å²) in [5, 5.41) is 5.78. The van der Waals surface area contributed by atoms with Crippen LogP contribution >= 0.6 is 50.7 Å². The van der Waals surface area contributed by atoms with Gasteiger partial charge >= 0.3 is 0 Å². The molecule has 10 heteroatoms. The summed E-state index contributed by atoms with van der Waals surface area (Å²) >= 11 is 21.9. The highest BCUT2D eigenvalue weighted by molar-refractivity contribution is 9.10. The molecular weight excluding hydrogens is 476 g/mol. The number of halogens is 4. The first-order valence-electron chi connectivity index (χ1n) is 7.59. The van der Waals surface area contributed by atoms with Gasteiger partial charge in [0.15, 0.2) is 11.6 Å². The van der Waals surface area contributed by atoms with Gasteiger partial charge in [0.05, 0.1) is 20.9 Å². The summed E-state index contributed by atoms with van der Waals surface area (Å²) in [6, 6.07) is 8.24. The van der Waals surface area contributed by atoms with Crippen LogP contribution in [0, 0.1) is 0 Å². The first kappa shape index (κ1) is 18.4. The predicted molar refractivity (Wildman–Crippen MR) is 110 cm³/mol. The Morgan fingerprint density at radius 1 is 1.11 bits per heavy atom. The molecule has 0 spiro atoms. The SMILES string of the molecule is Cn1c(-c2cc(Br)nn2-c2ncccc2Cl)nc2c(Cl)cc(Cl)cc2c1=O. The summed E-state index contributed by atoms with van der Waals surface area (Å²) in [5.41, 5.74) is 0.598. The standard InChI is InChI=1S/C17H9BrCl3N5O/c1-25-16(23-14-9(17(25)27)5-8(19)6-11(14)21)12-7-13(18)24-26(12)15-10(20)3-2-4-22-15/h2-7H,1H3. The Balaban J connectivity index is 2.06. The number of rotatable bonds is 2. The van der Waals surface area contributed by atoms with E-state index in [2.05, 4.69) is 31.0 Å². The highest BCUT2D eigenvalue weighted by Gasteiger charge is 2.20. The van der Waals surface area contributed by atoms with Crippen LogP contribution in [0.2, 0.25) is 15.1 Å². The Bertz CT molecular complexity index is 1270. The molecule has 0 saturated carbocycles. The van der Waals surface area contributed by atoms with Crippen LogP contribution in [0.3, 0.4) is 0 Å². The van der Waals surface area contributed by atoms with Crippen molar-refractivity contribution in [1.29, 1.82) is 0 Å². The lowest BCUT2D eigenvalue weighted by molar-refractivity contribution is 0.803. The van der Waals surface area contributed by atoms with Crippen LogP contribution in [-0.4, -0.2) is 24.3 Å². The zero-order valence-electron chi connectivity index (χ0n) is 13.6. The molecule has 3 aromatic heterocycles. The van der Waals surface area contributed by atoms with E-state index in [0.717, 1.165) is 0 Å². The maximum Gasteiger partial charge on any atom is 0.261 e. The molecule has 0 N–H and O–H groups in total. The molecular formula is C17H9BrCl3N5O. The first-order valence-corrected chi connectivity index (χ1v) is 9.52. The van der Waals surface area contributed by atoms with Gasteiger partial charge in [0, 0.05) is 24.3 Å². The molecule has 0 radical (unpaired) electrons. The van der Waals surface area contributed by atoms with Gasteiger partial charge < -0.3 is 0 Å². The van der Waals surface area contributed by atoms with Crippen LogP contribution in [0.1, 0.15) is 0 Å². The number of nitrogens with zero attached hydrogens (tertiary/aromatic N) is 5. The Morgan fingerprint density at radius 3 is 2.63 bits per heavy atom. The van der Waals surface area contributed by atoms with E-state index >= 15 is 0 Å². The maximum absolute atomic E-state index is 12.9. The first-order chi connectivity index (χ1) is 12.9.